The van der Waals surface area contributed by atoms with Crippen LogP contribution in [0, 0.1) is 5.92 Å². The van der Waals surface area contributed by atoms with E-state index in [2.05, 4.69) is 20.9 Å². The number of H-pyrrole nitrogens is 1. The van der Waals surface area contributed by atoms with Crippen LogP contribution >= 0.6 is 0 Å². The first kappa shape index (κ1) is 29.7. The smallest absolute Gasteiger partial charge is 0.326 e. The number of carbonyl (C=O) groups is 4. The molecule has 12 nitrogen and oxygen atoms in total. The number of aromatic amines is 1. The minimum Gasteiger partial charge on any atom is -0.480 e. The zero-order valence-electron chi connectivity index (χ0n) is 21.4. The fraction of sp³-hybridized carbons (Fsp3) is 0.520. The van der Waals surface area contributed by atoms with Crippen LogP contribution < -0.4 is 21.7 Å². The highest BCUT2D eigenvalue weighted by Crippen LogP contribution is 2.19. The van der Waals surface area contributed by atoms with E-state index >= 15 is 0 Å². The SMILES string of the molecule is CCC(C)C(NC(=O)C(NC(=O)C(Cc1c[nH]c2ccccc12)NC(=O)C(N)C(C)O)C(C)O)C(=O)O. The Bertz CT molecular complexity index is 1100. The van der Waals surface area contributed by atoms with E-state index in [9.17, 15) is 34.5 Å². The normalized spacial score (nSPS) is 17.1. The molecule has 0 aliphatic rings. The summed E-state index contributed by atoms with van der Waals surface area (Å²) in [6.07, 6.45) is -0.382. The number of nitrogens with one attached hydrogen (secondary N) is 4. The van der Waals surface area contributed by atoms with Gasteiger partial charge in [0.15, 0.2) is 0 Å². The van der Waals surface area contributed by atoms with Crippen LogP contribution in [0.15, 0.2) is 30.5 Å². The minimum atomic E-state index is -1.49. The summed E-state index contributed by atoms with van der Waals surface area (Å²) in [7, 11) is 0. The molecule has 2 rings (SSSR count). The van der Waals surface area contributed by atoms with Crippen molar-refractivity contribution >= 4 is 34.6 Å². The Hall–Kier alpha value is -3.48. The molecule has 12 heteroatoms. The van der Waals surface area contributed by atoms with Crippen LogP contribution in [0.25, 0.3) is 10.9 Å². The second-order valence-corrected chi connectivity index (χ2v) is 9.33. The molecule has 0 bridgehead atoms. The first-order valence-corrected chi connectivity index (χ1v) is 12.2. The number of aromatic nitrogens is 1. The molecule has 1 aromatic heterocycles. The first-order valence-electron chi connectivity index (χ1n) is 12.2. The molecule has 37 heavy (non-hydrogen) atoms. The molecule has 7 atom stereocenters. The van der Waals surface area contributed by atoms with Gasteiger partial charge in [-0.1, -0.05) is 38.5 Å². The predicted octanol–water partition coefficient (Wildman–Crippen LogP) is -0.616. The average Bonchev–Trinajstić information content (AvgIpc) is 3.26. The minimum absolute atomic E-state index is 0.00683. The number of benzene rings is 1. The molecule has 1 heterocycles. The molecular weight excluding hydrogens is 482 g/mol. The Morgan fingerprint density at radius 2 is 1.54 bits per heavy atom. The fourth-order valence-corrected chi connectivity index (χ4v) is 3.80. The number of aliphatic hydroxyl groups excluding tert-OH is 2. The number of hydrogen-bond donors (Lipinski definition) is 8. The Morgan fingerprint density at radius 3 is 2.11 bits per heavy atom. The number of nitrogens with two attached hydrogens (primary N) is 1. The van der Waals surface area contributed by atoms with Gasteiger partial charge in [0.25, 0.3) is 0 Å². The van der Waals surface area contributed by atoms with Crippen LogP contribution in [0.4, 0.5) is 0 Å². The molecule has 204 valence electrons. The van der Waals surface area contributed by atoms with Gasteiger partial charge in [0, 0.05) is 23.5 Å². The van der Waals surface area contributed by atoms with Crippen molar-refractivity contribution in [1.29, 1.82) is 0 Å². The maximum atomic E-state index is 13.3. The topological polar surface area (TPSA) is 207 Å². The van der Waals surface area contributed by atoms with E-state index in [-0.39, 0.29) is 6.42 Å². The number of carbonyl (C=O) groups excluding carboxylic acids is 3. The molecule has 0 fully saturated rings. The van der Waals surface area contributed by atoms with Crippen molar-refractivity contribution in [3.05, 3.63) is 36.0 Å². The van der Waals surface area contributed by atoms with Gasteiger partial charge in [-0.25, -0.2) is 4.79 Å². The van der Waals surface area contributed by atoms with Gasteiger partial charge in [-0.05, 0) is 31.4 Å². The van der Waals surface area contributed by atoms with Gasteiger partial charge in [-0.2, -0.15) is 0 Å². The number of fused-ring (bicyclic) bond motifs is 1. The van der Waals surface area contributed by atoms with Crippen LogP contribution in [0.5, 0.6) is 0 Å². The molecule has 0 aliphatic carbocycles. The van der Waals surface area contributed by atoms with Crippen LogP contribution in [0.3, 0.4) is 0 Å². The van der Waals surface area contributed by atoms with Crippen LogP contribution in [-0.2, 0) is 25.6 Å². The lowest BCUT2D eigenvalue weighted by atomic mass is 9.98. The maximum absolute atomic E-state index is 13.3. The van der Waals surface area contributed by atoms with E-state index in [1.807, 2.05) is 24.3 Å². The molecule has 0 saturated heterocycles. The van der Waals surface area contributed by atoms with Gasteiger partial charge in [-0.3, -0.25) is 14.4 Å². The third-order valence-corrected chi connectivity index (χ3v) is 6.39. The van der Waals surface area contributed by atoms with E-state index in [4.69, 9.17) is 5.73 Å². The van der Waals surface area contributed by atoms with Crippen LogP contribution in [0.2, 0.25) is 0 Å². The van der Waals surface area contributed by atoms with Crippen molar-refractivity contribution in [3.8, 4) is 0 Å². The maximum Gasteiger partial charge on any atom is 0.326 e. The molecule has 0 radical (unpaired) electrons. The summed E-state index contributed by atoms with van der Waals surface area (Å²) < 4.78 is 0. The lowest BCUT2D eigenvalue weighted by molar-refractivity contribution is -0.144. The number of hydrogen-bond acceptors (Lipinski definition) is 7. The second-order valence-electron chi connectivity index (χ2n) is 9.33. The average molecular weight is 520 g/mol. The molecular formula is C25H37N5O7. The van der Waals surface area contributed by atoms with Crippen LogP contribution in [0.1, 0.15) is 39.7 Å². The van der Waals surface area contributed by atoms with Gasteiger partial charge in [0.1, 0.15) is 24.2 Å². The number of aliphatic carboxylic acids is 1. The van der Waals surface area contributed by atoms with Crippen LogP contribution in [-0.4, -0.2) is 80.4 Å². The van der Waals surface area contributed by atoms with Crippen molar-refractivity contribution in [3.63, 3.8) is 0 Å². The van der Waals surface area contributed by atoms with Gasteiger partial charge in [0.05, 0.1) is 12.2 Å². The molecule has 2 aromatic rings. The zero-order valence-corrected chi connectivity index (χ0v) is 21.4. The monoisotopic (exact) mass is 519 g/mol. The third-order valence-electron chi connectivity index (χ3n) is 6.39. The summed E-state index contributed by atoms with van der Waals surface area (Å²) >= 11 is 0. The number of amides is 3. The van der Waals surface area contributed by atoms with Crippen molar-refractivity contribution in [1.82, 2.24) is 20.9 Å². The van der Waals surface area contributed by atoms with E-state index in [1.165, 1.54) is 13.8 Å². The number of aliphatic hydroxyl groups is 2. The van der Waals surface area contributed by atoms with Gasteiger partial charge >= 0.3 is 5.97 Å². The standard InChI is InChI=1S/C25H37N5O7/c1-5-12(2)20(25(36)37)29-24(35)21(14(4)32)30-22(33)18(28-23(34)19(26)13(3)31)10-15-11-27-17-9-7-6-8-16(15)17/h6-9,11-14,18-21,27,31-32H,5,10,26H2,1-4H3,(H,28,34)(H,29,35)(H,30,33)(H,36,37). The quantitative estimate of drug-likeness (QED) is 0.171. The number of rotatable bonds is 13. The molecule has 0 aliphatic heterocycles. The molecule has 9 N–H and O–H groups in total. The highest BCUT2D eigenvalue weighted by Gasteiger charge is 2.34. The Balaban J connectivity index is 2.30. The second kappa shape index (κ2) is 13.2. The Kier molecular flexibility index (Phi) is 10.6. The van der Waals surface area contributed by atoms with Gasteiger partial charge < -0.3 is 42.0 Å². The molecule has 1 aromatic carbocycles. The highest BCUT2D eigenvalue weighted by molar-refractivity contribution is 5.95. The summed E-state index contributed by atoms with van der Waals surface area (Å²) in [5, 5.41) is 37.6. The third kappa shape index (κ3) is 7.75. The van der Waals surface area contributed by atoms with Gasteiger partial charge in [0.2, 0.25) is 17.7 Å². The van der Waals surface area contributed by atoms with Crippen molar-refractivity contribution < 1.29 is 34.5 Å². The first-order chi connectivity index (χ1) is 17.4. The van der Waals surface area contributed by atoms with Gasteiger partial charge in [-0.15, -0.1) is 0 Å². The van der Waals surface area contributed by atoms with Crippen molar-refractivity contribution in [2.24, 2.45) is 11.7 Å². The highest BCUT2D eigenvalue weighted by atomic mass is 16.4. The Morgan fingerprint density at radius 1 is 0.919 bits per heavy atom. The van der Waals surface area contributed by atoms with E-state index in [1.54, 1.807) is 20.0 Å². The summed E-state index contributed by atoms with van der Waals surface area (Å²) in [5.74, 6) is -4.10. The van der Waals surface area contributed by atoms with Crippen molar-refractivity contribution in [2.45, 2.75) is 76.9 Å². The fourth-order valence-electron chi connectivity index (χ4n) is 3.80. The number of carboxylic acid groups (broad SMARTS) is 1. The molecule has 0 saturated carbocycles. The lowest BCUT2D eigenvalue weighted by Gasteiger charge is -2.28. The number of para-hydroxylation sites is 1. The summed E-state index contributed by atoms with van der Waals surface area (Å²) in [4.78, 5) is 53.5. The zero-order chi connectivity index (χ0) is 27.9. The van der Waals surface area contributed by atoms with E-state index in [0.717, 1.165) is 10.9 Å². The molecule has 3 amide bonds. The lowest BCUT2D eigenvalue weighted by Crippen LogP contribution is -2.61. The molecule has 0 spiro atoms. The molecule has 7 unspecified atom stereocenters. The number of carboxylic acids is 1. The van der Waals surface area contributed by atoms with E-state index in [0.29, 0.717) is 12.0 Å². The largest absolute Gasteiger partial charge is 0.480 e. The Labute approximate surface area is 215 Å². The van der Waals surface area contributed by atoms with E-state index < -0.39 is 66.0 Å². The summed E-state index contributed by atoms with van der Waals surface area (Å²) in [5.41, 5.74) is 7.25. The summed E-state index contributed by atoms with van der Waals surface area (Å²) in [6.45, 7) is 6.05. The summed E-state index contributed by atoms with van der Waals surface area (Å²) in [6, 6.07) is 2.10. The van der Waals surface area contributed by atoms with Crippen molar-refractivity contribution in [2.75, 3.05) is 0 Å². The predicted molar refractivity (Wildman–Crippen MR) is 136 cm³/mol.